The van der Waals surface area contributed by atoms with Crippen LogP contribution >= 0.6 is 11.6 Å². The monoisotopic (exact) mass is 610 g/mol. The minimum absolute atomic E-state index is 0.294. The van der Waals surface area contributed by atoms with Crippen LogP contribution in [0.15, 0.2) is 36.8 Å². The first-order valence-electron chi connectivity index (χ1n) is 14.4. The molecule has 3 aromatic heterocycles. The molecule has 14 heteroatoms. The Balaban J connectivity index is 1.06. The summed E-state index contributed by atoms with van der Waals surface area (Å²) in [4.78, 5) is 16.7. The van der Waals surface area contributed by atoms with Gasteiger partial charge in [0.25, 0.3) is 10.0 Å². The number of aromatic nitrogens is 6. The summed E-state index contributed by atoms with van der Waals surface area (Å²) in [7, 11) is 0.797. The van der Waals surface area contributed by atoms with Crippen LogP contribution in [0.5, 0.6) is 0 Å². The number of hydrogen-bond acceptors (Lipinski definition) is 10. The van der Waals surface area contributed by atoms with Crippen molar-refractivity contribution in [3.63, 3.8) is 0 Å². The Kier molecular flexibility index (Phi) is 6.87. The number of nitrogens with one attached hydrogen (secondary N) is 1. The largest absolute Gasteiger partial charge is 0.356 e. The van der Waals surface area contributed by atoms with Crippen LogP contribution in [0.3, 0.4) is 0 Å². The zero-order valence-electron chi connectivity index (χ0n) is 24.0. The SMILES string of the molecule is CN1C2CCC1CN(C1CCN(c3c4ccc(Nc5ncc(Cl)c(-c6cnn(S(C)(=O)=O)c6)n5)cc4nn3C)CC1)C2. The first kappa shape index (κ1) is 27.6. The van der Waals surface area contributed by atoms with E-state index in [1.165, 1.54) is 57.4 Å². The van der Waals surface area contributed by atoms with Gasteiger partial charge in [-0.05, 0) is 50.9 Å². The predicted octanol–water partition coefficient (Wildman–Crippen LogP) is 3.18. The Morgan fingerprint density at radius 1 is 1.00 bits per heavy atom. The lowest BCUT2D eigenvalue weighted by Crippen LogP contribution is -2.57. The van der Waals surface area contributed by atoms with Crippen molar-refractivity contribution < 1.29 is 8.42 Å². The van der Waals surface area contributed by atoms with E-state index in [1.54, 1.807) is 0 Å². The van der Waals surface area contributed by atoms with E-state index in [0.29, 0.717) is 28.3 Å². The summed E-state index contributed by atoms with van der Waals surface area (Å²) in [6.07, 6.45) is 10.4. The van der Waals surface area contributed by atoms with Crippen LogP contribution in [0.1, 0.15) is 25.7 Å². The molecule has 7 rings (SSSR count). The Labute approximate surface area is 250 Å². The number of aryl methyl sites for hydroxylation is 1. The van der Waals surface area contributed by atoms with Crippen LogP contribution in [0.4, 0.5) is 17.5 Å². The average Bonchev–Trinajstić information content (AvgIpc) is 3.62. The van der Waals surface area contributed by atoms with E-state index < -0.39 is 10.0 Å². The molecule has 3 fully saturated rings. The molecule has 1 N–H and O–H groups in total. The highest BCUT2D eigenvalue weighted by Crippen LogP contribution is 2.35. The highest BCUT2D eigenvalue weighted by molar-refractivity contribution is 7.89. The fourth-order valence-corrected chi connectivity index (χ4v) is 7.62. The van der Waals surface area contributed by atoms with E-state index in [0.717, 1.165) is 57.9 Å². The number of piperazine rings is 1. The fourth-order valence-electron chi connectivity index (χ4n) is 6.89. The van der Waals surface area contributed by atoms with Gasteiger partial charge in [-0.25, -0.2) is 18.4 Å². The van der Waals surface area contributed by atoms with Crippen molar-refractivity contribution in [2.24, 2.45) is 7.05 Å². The lowest BCUT2D eigenvalue weighted by molar-refractivity contribution is 0.0495. The van der Waals surface area contributed by atoms with Gasteiger partial charge < -0.3 is 10.2 Å². The van der Waals surface area contributed by atoms with Crippen LogP contribution in [0.2, 0.25) is 5.02 Å². The molecule has 2 bridgehead atoms. The van der Waals surface area contributed by atoms with Gasteiger partial charge >= 0.3 is 0 Å². The van der Waals surface area contributed by atoms with E-state index in [4.69, 9.17) is 16.7 Å². The molecule has 3 aliphatic rings. The normalized spacial score (nSPS) is 22.3. The maximum atomic E-state index is 11.8. The van der Waals surface area contributed by atoms with Crippen molar-refractivity contribution in [2.75, 3.05) is 49.7 Å². The lowest BCUT2D eigenvalue weighted by atomic mass is 10.0. The third-order valence-corrected chi connectivity index (χ3v) is 10.3. The molecule has 3 aliphatic heterocycles. The van der Waals surface area contributed by atoms with Crippen LogP contribution in [0.25, 0.3) is 22.2 Å². The summed E-state index contributed by atoms with van der Waals surface area (Å²) in [5.41, 5.74) is 2.54. The molecule has 6 heterocycles. The van der Waals surface area contributed by atoms with E-state index in [1.807, 2.05) is 23.9 Å². The molecule has 222 valence electrons. The number of anilines is 3. The van der Waals surface area contributed by atoms with Gasteiger partial charge in [-0.2, -0.15) is 14.3 Å². The number of fused-ring (bicyclic) bond motifs is 3. The van der Waals surface area contributed by atoms with Gasteiger partial charge in [-0.15, -0.1) is 0 Å². The second kappa shape index (κ2) is 10.5. The molecule has 12 nitrogen and oxygen atoms in total. The van der Waals surface area contributed by atoms with E-state index in [9.17, 15) is 8.42 Å². The summed E-state index contributed by atoms with van der Waals surface area (Å²) >= 11 is 6.34. The van der Waals surface area contributed by atoms with Crippen LogP contribution in [0, 0.1) is 0 Å². The summed E-state index contributed by atoms with van der Waals surface area (Å²) in [5.74, 6) is 1.48. The van der Waals surface area contributed by atoms with Gasteiger partial charge in [0.15, 0.2) is 0 Å². The smallest absolute Gasteiger partial charge is 0.250 e. The number of halogens is 1. The highest BCUT2D eigenvalue weighted by Gasteiger charge is 2.40. The Morgan fingerprint density at radius 2 is 1.74 bits per heavy atom. The Bertz CT molecular complexity index is 1730. The van der Waals surface area contributed by atoms with Crippen molar-refractivity contribution in [1.82, 2.24) is 38.7 Å². The minimum Gasteiger partial charge on any atom is -0.356 e. The maximum Gasteiger partial charge on any atom is 0.250 e. The third-order valence-electron chi connectivity index (χ3n) is 9.13. The van der Waals surface area contributed by atoms with E-state index in [2.05, 4.69) is 48.2 Å². The van der Waals surface area contributed by atoms with Crippen molar-refractivity contribution in [3.05, 3.63) is 41.8 Å². The molecular formula is C28H35ClN10O2S. The highest BCUT2D eigenvalue weighted by atomic mass is 35.5. The average molecular weight is 611 g/mol. The van der Waals surface area contributed by atoms with Gasteiger partial charge in [0.1, 0.15) is 5.82 Å². The number of benzene rings is 1. The van der Waals surface area contributed by atoms with Gasteiger partial charge in [-0.3, -0.25) is 14.5 Å². The quantitative estimate of drug-likeness (QED) is 0.349. The molecule has 0 spiro atoms. The van der Waals surface area contributed by atoms with Crippen molar-refractivity contribution in [3.8, 4) is 11.3 Å². The second-order valence-electron chi connectivity index (χ2n) is 11.8. The molecule has 1 aromatic carbocycles. The van der Waals surface area contributed by atoms with Crippen LogP contribution < -0.4 is 10.2 Å². The van der Waals surface area contributed by atoms with Crippen molar-refractivity contribution in [2.45, 2.75) is 43.8 Å². The van der Waals surface area contributed by atoms with E-state index >= 15 is 0 Å². The summed E-state index contributed by atoms with van der Waals surface area (Å²) in [6, 6.07) is 8.21. The molecule has 42 heavy (non-hydrogen) atoms. The van der Waals surface area contributed by atoms with Gasteiger partial charge in [0.2, 0.25) is 5.95 Å². The standard InChI is InChI=1S/C28H35ClN10O2S/c1-35-21-5-6-22(35)17-38(16-21)20-8-10-37(11-9-20)27-23-7-4-19(12-25(23)34-36(27)2)32-28-30-14-24(29)26(33-28)18-13-31-39(15-18)42(3,40)41/h4,7,12-15,20-22H,5-6,8-11,16-17H2,1-3H3,(H,30,32,33). The molecule has 2 atom stereocenters. The van der Waals surface area contributed by atoms with Crippen molar-refractivity contribution in [1.29, 1.82) is 0 Å². The topological polar surface area (TPSA) is 117 Å². The van der Waals surface area contributed by atoms with Gasteiger partial charge in [-0.1, -0.05) is 11.6 Å². The molecule has 0 aliphatic carbocycles. The molecule has 0 radical (unpaired) electrons. The number of piperidine rings is 1. The summed E-state index contributed by atoms with van der Waals surface area (Å²) in [6.45, 7) is 4.48. The fraction of sp³-hybridized carbons (Fsp3) is 0.500. The van der Waals surface area contributed by atoms with E-state index in [-0.39, 0.29) is 0 Å². The Morgan fingerprint density at radius 3 is 2.43 bits per heavy atom. The minimum atomic E-state index is -3.52. The Hall–Kier alpha value is -3.26. The molecule has 3 saturated heterocycles. The predicted molar refractivity (Wildman–Crippen MR) is 164 cm³/mol. The first-order valence-corrected chi connectivity index (χ1v) is 16.6. The molecule has 4 aromatic rings. The zero-order chi connectivity index (χ0) is 29.2. The number of rotatable bonds is 6. The molecular weight excluding hydrogens is 576 g/mol. The summed E-state index contributed by atoms with van der Waals surface area (Å²) in [5, 5.41) is 13.4. The first-order chi connectivity index (χ1) is 20.1. The van der Waals surface area contributed by atoms with Crippen molar-refractivity contribution >= 4 is 50.0 Å². The lowest BCUT2D eigenvalue weighted by Gasteiger charge is -2.45. The number of likely N-dealkylation sites (tertiary alicyclic amines) is 1. The maximum absolute atomic E-state index is 11.8. The molecule has 0 amide bonds. The zero-order valence-corrected chi connectivity index (χ0v) is 25.6. The molecule has 2 unspecified atom stereocenters. The summed E-state index contributed by atoms with van der Waals surface area (Å²) < 4.78 is 26.5. The number of hydrogen-bond donors (Lipinski definition) is 1. The number of likely N-dealkylation sites (N-methyl/N-ethyl adjacent to an activating group) is 1. The van der Waals surface area contributed by atoms with Crippen LogP contribution in [-0.2, 0) is 17.1 Å². The third kappa shape index (κ3) is 5.01. The molecule has 0 saturated carbocycles. The second-order valence-corrected chi connectivity index (χ2v) is 14.0. The van der Waals surface area contributed by atoms with Gasteiger partial charge in [0.05, 0.1) is 41.1 Å². The van der Waals surface area contributed by atoms with Gasteiger partial charge in [0, 0.05) is 68.0 Å². The van der Waals surface area contributed by atoms with Crippen LogP contribution in [-0.4, -0.2) is 105 Å². The number of nitrogens with zero attached hydrogens (tertiary/aromatic N) is 9.